The Morgan fingerprint density at radius 3 is 2.88 bits per heavy atom. The van der Waals surface area contributed by atoms with Crippen molar-refractivity contribution in [1.82, 2.24) is 4.90 Å². The number of carbonyl (C=O) groups excluding carboxylic acids is 1. The van der Waals surface area contributed by atoms with Crippen molar-refractivity contribution in [3.8, 4) is 5.75 Å². The number of ether oxygens (including phenoxy) is 1. The Balaban J connectivity index is 1.85. The number of carbonyl (C=O) groups is 1. The highest BCUT2D eigenvalue weighted by Gasteiger charge is 2.36. The van der Waals surface area contributed by atoms with Crippen LogP contribution in [0.15, 0.2) is 41.4 Å². The predicted octanol–water partition coefficient (Wildman–Crippen LogP) is 2.39. The zero-order chi connectivity index (χ0) is 17.7. The van der Waals surface area contributed by atoms with Gasteiger partial charge in [0.1, 0.15) is 12.4 Å². The number of fused-ring (bicyclic) bond motifs is 2. The molecule has 8 heteroatoms. The number of hydrogen-bond acceptors (Lipinski definition) is 5. The fraction of sp³-hybridized carbons (Fsp3) is 0.294. The number of aliphatic imine (C=N–C) groups is 1. The first-order chi connectivity index (χ1) is 12.0. The van der Waals surface area contributed by atoms with Gasteiger partial charge in [-0.1, -0.05) is 6.58 Å². The van der Waals surface area contributed by atoms with Crippen molar-refractivity contribution in [2.45, 2.75) is 6.42 Å². The van der Waals surface area contributed by atoms with Crippen molar-refractivity contribution >= 4 is 23.2 Å². The second kappa shape index (κ2) is 5.58. The van der Waals surface area contributed by atoms with Crippen LogP contribution in [0.25, 0.3) is 0 Å². The molecule has 130 valence electrons. The maximum atomic E-state index is 14.7. The molecular formula is C17H16F2N4O2. The monoisotopic (exact) mass is 346 g/mol. The highest BCUT2D eigenvalue weighted by molar-refractivity contribution is 6.22. The molecule has 3 aliphatic rings. The highest BCUT2D eigenvalue weighted by atomic mass is 19.1. The first-order valence-electron chi connectivity index (χ1n) is 7.88. The topological polar surface area (TPSA) is 48.4 Å². The Kier molecular flexibility index (Phi) is 3.48. The maximum absolute atomic E-state index is 14.7. The molecule has 1 amide bonds. The van der Waals surface area contributed by atoms with E-state index < -0.39 is 17.7 Å². The van der Waals surface area contributed by atoms with Gasteiger partial charge in [-0.2, -0.15) is 4.39 Å². The minimum absolute atomic E-state index is 0.00306. The second-order valence-electron chi connectivity index (χ2n) is 6.01. The van der Waals surface area contributed by atoms with Crippen LogP contribution in [0.4, 0.5) is 20.2 Å². The summed E-state index contributed by atoms with van der Waals surface area (Å²) < 4.78 is 34.3. The molecule has 0 saturated heterocycles. The van der Waals surface area contributed by atoms with Crippen LogP contribution in [-0.2, 0) is 4.79 Å². The molecule has 0 aliphatic carbocycles. The van der Waals surface area contributed by atoms with E-state index in [1.165, 1.54) is 17.0 Å². The van der Waals surface area contributed by atoms with E-state index in [0.717, 1.165) is 11.0 Å². The van der Waals surface area contributed by atoms with Gasteiger partial charge in [0.05, 0.1) is 17.5 Å². The van der Waals surface area contributed by atoms with E-state index in [0.29, 0.717) is 36.6 Å². The Morgan fingerprint density at radius 1 is 1.28 bits per heavy atom. The maximum Gasteiger partial charge on any atom is 0.262 e. The van der Waals surface area contributed by atoms with Gasteiger partial charge in [0, 0.05) is 31.9 Å². The fourth-order valence-corrected chi connectivity index (χ4v) is 3.07. The van der Waals surface area contributed by atoms with Crippen molar-refractivity contribution in [2.75, 3.05) is 36.5 Å². The number of anilines is 2. The van der Waals surface area contributed by atoms with Gasteiger partial charge in [0.25, 0.3) is 5.91 Å². The molecule has 4 rings (SSSR count). The van der Waals surface area contributed by atoms with Crippen molar-refractivity contribution in [3.63, 3.8) is 0 Å². The molecule has 0 N–H and O–H groups in total. The lowest BCUT2D eigenvalue weighted by molar-refractivity contribution is -0.114. The minimum atomic E-state index is -0.675. The lowest BCUT2D eigenvalue weighted by Gasteiger charge is -2.38. The molecule has 1 aromatic rings. The molecule has 0 unspecified atom stereocenters. The quantitative estimate of drug-likeness (QED) is 0.733. The van der Waals surface area contributed by atoms with Crippen LogP contribution in [-0.4, -0.2) is 43.5 Å². The standard InChI is InChI=1S/C17H16F2N4O2/c1-10-9-25-14-6-11(18)12(7-13(14)21(10)2)23-16(24)8-15(19)22-5-3-4-20-17(22)23/h6-8H,1,3-5,9H2,2H3. The SMILES string of the molecule is C=C1COc2cc(F)c(N3C(=O)C=C(F)N4CCCN=C43)cc2N1C. The number of halogens is 2. The van der Waals surface area contributed by atoms with Gasteiger partial charge in [-0.15, -0.1) is 0 Å². The minimum Gasteiger partial charge on any atom is -0.485 e. The molecule has 0 saturated carbocycles. The number of nitrogens with zero attached hydrogens (tertiary/aromatic N) is 4. The first kappa shape index (κ1) is 15.6. The van der Waals surface area contributed by atoms with Crippen LogP contribution >= 0.6 is 0 Å². The van der Waals surface area contributed by atoms with Gasteiger partial charge >= 0.3 is 0 Å². The van der Waals surface area contributed by atoms with E-state index in [-0.39, 0.29) is 18.3 Å². The number of benzene rings is 1. The zero-order valence-corrected chi connectivity index (χ0v) is 13.6. The molecule has 3 heterocycles. The van der Waals surface area contributed by atoms with E-state index in [1.54, 1.807) is 11.9 Å². The summed E-state index contributed by atoms with van der Waals surface area (Å²) in [6.45, 7) is 4.99. The summed E-state index contributed by atoms with van der Waals surface area (Å²) in [6, 6.07) is 2.72. The summed E-state index contributed by atoms with van der Waals surface area (Å²) >= 11 is 0. The van der Waals surface area contributed by atoms with E-state index >= 15 is 0 Å². The van der Waals surface area contributed by atoms with E-state index in [1.807, 2.05) is 0 Å². The Bertz CT molecular complexity index is 849. The molecular weight excluding hydrogens is 330 g/mol. The highest BCUT2D eigenvalue weighted by Crippen LogP contribution is 2.40. The molecule has 0 aromatic heterocycles. The van der Waals surface area contributed by atoms with Crippen molar-refractivity contribution in [3.05, 3.63) is 42.3 Å². The van der Waals surface area contributed by atoms with E-state index in [2.05, 4.69) is 11.6 Å². The summed E-state index contributed by atoms with van der Waals surface area (Å²) in [4.78, 5) is 20.8. The molecule has 3 aliphatic heterocycles. The van der Waals surface area contributed by atoms with Crippen molar-refractivity contribution < 1.29 is 18.3 Å². The third-order valence-electron chi connectivity index (χ3n) is 4.45. The summed E-state index contributed by atoms with van der Waals surface area (Å²) in [5, 5.41) is 0. The molecule has 6 nitrogen and oxygen atoms in total. The zero-order valence-electron chi connectivity index (χ0n) is 13.6. The van der Waals surface area contributed by atoms with Crippen LogP contribution in [0.3, 0.4) is 0 Å². The van der Waals surface area contributed by atoms with Crippen LogP contribution in [0, 0.1) is 5.82 Å². The van der Waals surface area contributed by atoms with Crippen LogP contribution in [0.1, 0.15) is 6.42 Å². The summed E-state index contributed by atoms with van der Waals surface area (Å²) in [7, 11) is 1.79. The smallest absolute Gasteiger partial charge is 0.262 e. The average molecular weight is 346 g/mol. The normalized spacial score (nSPS) is 19.9. The van der Waals surface area contributed by atoms with Crippen LogP contribution in [0.2, 0.25) is 0 Å². The number of likely N-dealkylation sites (N-methyl/N-ethyl adjacent to an activating group) is 1. The van der Waals surface area contributed by atoms with Crippen molar-refractivity contribution in [2.24, 2.45) is 4.99 Å². The molecule has 0 radical (unpaired) electrons. The average Bonchev–Trinajstić information content (AvgIpc) is 2.59. The Hall–Kier alpha value is -2.90. The molecule has 25 heavy (non-hydrogen) atoms. The molecule has 0 spiro atoms. The molecule has 1 aromatic carbocycles. The van der Waals surface area contributed by atoms with Gasteiger partial charge in [-0.25, -0.2) is 9.29 Å². The summed E-state index contributed by atoms with van der Waals surface area (Å²) in [5.41, 5.74) is 1.29. The van der Waals surface area contributed by atoms with Gasteiger partial charge in [-0.05, 0) is 12.5 Å². The molecule has 0 atom stereocenters. The number of amides is 1. The molecule has 0 fully saturated rings. The third kappa shape index (κ3) is 2.36. The van der Waals surface area contributed by atoms with E-state index in [4.69, 9.17) is 4.74 Å². The second-order valence-corrected chi connectivity index (χ2v) is 6.01. The predicted molar refractivity (Wildman–Crippen MR) is 89.7 cm³/mol. The van der Waals surface area contributed by atoms with E-state index in [9.17, 15) is 13.6 Å². The number of hydrogen-bond donors (Lipinski definition) is 0. The Morgan fingerprint density at radius 2 is 2.08 bits per heavy atom. The first-order valence-corrected chi connectivity index (χ1v) is 7.88. The number of rotatable bonds is 1. The summed E-state index contributed by atoms with van der Waals surface area (Å²) in [6.07, 6.45) is 1.51. The van der Waals surface area contributed by atoms with Gasteiger partial charge < -0.3 is 9.64 Å². The fourth-order valence-electron chi connectivity index (χ4n) is 3.07. The lowest BCUT2D eigenvalue weighted by atomic mass is 10.1. The largest absolute Gasteiger partial charge is 0.485 e. The van der Waals surface area contributed by atoms with Crippen LogP contribution < -0.4 is 14.5 Å². The third-order valence-corrected chi connectivity index (χ3v) is 4.45. The van der Waals surface area contributed by atoms with Gasteiger partial charge in [-0.3, -0.25) is 14.7 Å². The van der Waals surface area contributed by atoms with Gasteiger partial charge in [0.2, 0.25) is 11.9 Å². The lowest BCUT2D eigenvalue weighted by Crippen LogP contribution is -2.52. The van der Waals surface area contributed by atoms with Crippen LogP contribution in [0.5, 0.6) is 5.75 Å². The molecule has 0 bridgehead atoms. The van der Waals surface area contributed by atoms with Crippen molar-refractivity contribution in [1.29, 1.82) is 0 Å². The Labute approximate surface area is 143 Å². The summed E-state index contributed by atoms with van der Waals surface area (Å²) in [5.74, 6) is -1.52. The van der Waals surface area contributed by atoms with Gasteiger partial charge in [0.15, 0.2) is 5.82 Å². The number of guanidine groups is 1.